The second-order valence-electron chi connectivity index (χ2n) is 7.11. The lowest BCUT2D eigenvalue weighted by molar-refractivity contribution is -0.274. The van der Waals surface area contributed by atoms with Crippen LogP contribution in [0.2, 0.25) is 0 Å². The molecule has 0 fully saturated rings. The first-order valence-corrected chi connectivity index (χ1v) is 8.28. The van der Waals surface area contributed by atoms with Gasteiger partial charge in [0, 0.05) is 6.04 Å². The van der Waals surface area contributed by atoms with Gasteiger partial charge in [0.15, 0.2) is 0 Å². The molecule has 2 aromatic carbocycles. The van der Waals surface area contributed by atoms with Crippen LogP contribution in [0.4, 0.5) is 13.2 Å². The van der Waals surface area contributed by atoms with Crippen LogP contribution in [0.5, 0.6) is 5.75 Å². The monoisotopic (exact) mass is 351 g/mol. The Morgan fingerprint density at radius 3 is 2.04 bits per heavy atom. The van der Waals surface area contributed by atoms with Crippen LogP contribution in [0.1, 0.15) is 37.9 Å². The number of alkyl halides is 3. The summed E-state index contributed by atoms with van der Waals surface area (Å²) < 4.78 is 40.4. The standard InChI is InChI=1S/C20H24F3NO/c1-19(2,3)18(16-7-5-4-6-8-16)24-14-13-15-9-11-17(12-10-15)25-20(21,22)23/h4-12,18,24H,13-14H2,1-3H3. The first kappa shape index (κ1) is 19.3. The van der Waals surface area contributed by atoms with E-state index in [0.717, 1.165) is 18.5 Å². The Hall–Kier alpha value is -2.01. The van der Waals surface area contributed by atoms with Crippen LogP contribution in [0.25, 0.3) is 0 Å². The minimum Gasteiger partial charge on any atom is -0.406 e. The molecular weight excluding hydrogens is 327 g/mol. The minimum absolute atomic E-state index is 0.0474. The molecule has 0 saturated carbocycles. The highest BCUT2D eigenvalue weighted by Gasteiger charge is 2.31. The second kappa shape index (κ2) is 7.91. The van der Waals surface area contributed by atoms with Crippen molar-refractivity contribution in [1.82, 2.24) is 5.32 Å². The van der Waals surface area contributed by atoms with Crippen LogP contribution in [-0.4, -0.2) is 12.9 Å². The average molecular weight is 351 g/mol. The predicted octanol–water partition coefficient (Wildman–Crippen LogP) is 5.50. The lowest BCUT2D eigenvalue weighted by Gasteiger charge is -2.32. The molecule has 0 amide bonds. The Labute approximate surface area is 147 Å². The molecule has 25 heavy (non-hydrogen) atoms. The van der Waals surface area contributed by atoms with Gasteiger partial charge in [-0.1, -0.05) is 63.2 Å². The van der Waals surface area contributed by atoms with Crippen molar-refractivity contribution >= 4 is 0 Å². The molecule has 1 atom stereocenters. The van der Waals surface area contributed by atoms with Crippen molar-refractivity contribution in [2.75, 3.05) is 6.54 Å². The van der Waals surface area contributed by atoms with Gasteiger partial charge in [-0.25, -0.2) is 0 Å². The quantitative estimate of drug-likeness (QED) is 0.741. The fraction of sp³-hybridized carbons (Fsp3) is 0.400. The Kier molecular flexibility index (Phi) is 6.11. The van der Waals surface area contributed by atoms with Crippen molar-refractivity contribution in [3.8, 4) is 5.75 Å². The van der Waals surface area contributed by atoms with Crippen LogP contribution in [0, 0.1) is 5.41 Å². The first-order valence-electron chi connectivity index (χ1n) is 8.28. The summed E-state index contributed by atoms with van der Waals surface area (Å²) in [6, 6.07) is 16.5. The van der Waals surface area contributed by atoms with Gasteiger partial charge in [-0.3, -0.25) is 0 Å². The molecule has 2 nitrogen and oxygen atoms in total. The molecule has 0 heterocycles. The van der Waals surface area contributed by atoms with E-state index in [9.17, 15) is 13.2 Å². The maximum absolute atomic E-state index is 12.2. The molecule has 0 aliphatic heterocycles. The molecular formula is C20H24F3NO. The van der Waals surface area contributed by atoms with Crippen molar-refractivity contribution in [3.63, 3.8) is 0 Å². The van der Waals surface area contributed by atoms with Crippen LogP contribution >= 0.6 is 0 Å². The largest absolute Gasteiger partial charge is 0.573 e. The molecule has 0 saturated heterocycles. The van der Waals surface area contributed by atoms with E-state index in [1.165, 1.54) is 17.7 Å². The predicted molar refractivity (Wildman–Crippen MR) is 93.5 cm³/mol. The summed E-state index contributed by atoms with van der Waals surface area (Å²) in [6.07, 6.45) is -3.93. The normalized spacial score (nSPS) is 13.5. The SMILES string of the molecule is CC(C)(C)C(NCCc1ccc(OC(F)(F)F)cc1)c1ccccc1. The molecule has 1 unspecified atom stereocenters. The van der Waals surface area contributed by atoms with E-state index in [2.05, 4.69) is 43.0 Å². The third-order valence-electron chi connectivity index (χ3n) is 3.92. The van der Waals surface area contributed by atoms with Crippen LogP contribution < -0.4 is 10.1 Å². The zero-order valence-corrected chi connectivity index (χ0v) is 14.7. The molecule has 1 N–H and O–H groups in total. The molecule has 136 valence electrons. The van der Waals surface area contributed by atoms with Crippen molar-refractivity contribution in [2.45, 2.75) is 39.6 Å². The topological polar surface area (TPSA) is 21.3 Å². The maximum atomic E-state index is 12.2. The van der Waals surface area contributed by atoms with E-state index in [1.807, 2.05) is 18.2 Å². The number of benzene rings is 2. The minimum atomic E-state index is -4.65. The van der Waals surface area contributed by atoms with Crippen molar-refractivity contribution in [1.29, 1.82) is 0 Å². The van der Waals surface area contributed by atoms with E-state index >= 15 is 0 Å². The molecule has 0 aliphatic rings. The van der Waals surface area contributed by atoms with E-state index < -0.39 is 6.36 Å². The van der Waals surface area contributed by atoms with Gasteiger partial charge in [-0.05, 0) is 41.6 Å². The molecule has 2 aromatic rings. The van der Waals surface area contributed by atoms with E-state index in [-0.39, 0.29) is 17.2 Å². The highest BCUT2D eigenvalue weighted by molar-refractivity contribution is 5.27. The first-order chi connectivity index (χ1) is 11.6. The second-order valence-corrected chi connectivity index (χ2v) is 7.11. The number of hydrogen-bond donors (Lipinski definition) is 1. The Morgan fingerprint density at radius 2 is 1.52 bits per heavy atom. The van der Waals surface area contributed by atoms with Gasteiger partial charge in [-0.2, -0.15) is 0 Å². The van der Waals surface area contributed by atoms with Crippen molar-refractivity contribution in [2.24, 2.45) is 5.41 Å². The average Bonchev–Trinajstić information content (AvgIpc) is 2.51. The zero-order chi connectivity index (χ0) is 18.5. The van der Waals surface area contributed by atoms with E-state index in [0.29, 0.717) is 0 Å². The van der Waals surface area contributed by atoms with Crippen molar-refractivity contribution in [3.05, 3.63) is 65.7 Å². The zero-order valence-electron chi connectivity index (χ0n) is 14.7. The van der Waals surface area contributed by atoms with Gasteiger partial charge in [0.25, 0.3) is 0 Å². The highest BCUT2D eigenvalue weighted by Crippen LogP contribution is 2.32. The van der Waals surface area contributed by atoms with Crippen LogP contribution in [0.15, 0.2) is 54.6 Å². The molecule has 5 heteroatoms. The molecule has 2 rings (SSSR count). The summed E-state index contributed by atoms with van der Waals surface area (Å²) in [7, 11) is 0. The highest BCUT2D eigenvalue weighted by atomic mass is 19.4. The number of nitrogens with one attached hydrogen (secondary N) is 1. The smallest absolute Gasteiger partial charge is 0.406 e. The van der Waals surface area contributed by atoms with Gasteiger partial charge in [-0.15, -0.1) is 13.2 Å². The van der Waals surface area contributed by atoms with E-state index in [4.69, 9.17) is 0 Å². The summed E-state index contributed by atoms with van der Waals surface area (Å²) in [4.78, 5) is 0. The number of hydrogen-bond acceptors (Lipinski definition) is 2. The fourth-order valence-corrected chi connectivity index (χ4v) is 2.79. The van der Waals surface area contributed by atoms with Gasteiger partial charge in [0.2, 0.25) is 0 Å². The Morgan fingerprint density at radius 1 is 0.920 bits per heavy atom. The van der Waals surface area contributed by atoms with Gasteiger partial charge >= 0.3 is 6.36 Å². The summed E-state index contributed by atoms with van der Waals surface area (Å²) in [5.41, 5.74) is 2.23. The lowest BCUT2D eigenvalue weighted by Crippen LogP contribution is -2.33. The van der Waals surface area contributed by atoms with Crippen LogP contribution in [-0.2, 0) is 6.42 Å². The fourth-order valence-electron chi connectivity index (χ4n) is 2.79. The maximum Gasteiger partial charge on any atom is 0.573 e. The molecule has 0 radical (unpaired) electrons. The summed E-state index contributed by atoms with van der Waals surface area (Å²) in [5.74, 6) is -0.193. The molecule has 0 bridgehead atoms. The number of halogens is 3. The lowest BCUT2D eigenvalue weighted by atomic mass is 9.82. The van der Waals surface area contributed by atoms with E-state index in [1.54, 1.807) is 12.1 Å². The number of rotatable bonds is 6. The summed E-state index contributed by atoms with van der Waals surface area (Å²) >= 11 is 0. The Balaban J connectivity index is 1.94. The van der Waals surface area contributed by atoms with Crippen molar-refractivity contribution < 1.29 is 17.9 Å². The van der Waals surface area contributed by atoms with Gasteiger partial charge in [0.1, 0.15) is 5.75 Å². The number of ether oxygens (including phenoxy) is 1. The van der Waals surface area contributed by atoms with Gasteiger partial charge < -0.3 is 10.1 Å². The third kappa shape index (κ3) is 6.42. The Bertz CT molecular complexity index is 645. The molecule has 0 spiro atoms. The molecule has 0 aliphatic carbocycles. The molecule has 0 aromatic heterocycles. The van der Waals surface area contributed by atoms with Gasteiger partial charge in [0.05, 0.1) is 0 Å². The summed E-state index contributed by atoms with van der Waals surface area (Å²) in [6.45, 7) is 7.28. The third-order valence-corrected chi connectivity index (χ3v) is 3.92. The summed E-state index contributed by atoms with van der Waals surface area (Å²) in [5, 5.41) is 3.57. The van der Waals surface area contributed by atoms with Crippen LogP contribution in [0.3, 0.4) is 0 Å².